The predicted octanol–water partition coefficient (Wildman–Crippen LogP) is 2.19. The number of aliphatic carboxylic acids is 2. The molecule has 1 heterocycles. The van der Waals surface area contributed by atoms with Crippen LogP contribution in [0.4, 0.5) is 0 Å². The molecule has 0 saturated carbocycles. The van der Waals surface area contributed by atoms with Gasteiger partial charge >= 0.3 is 11.9 Å². The van der Waals surface area contributed by atoms with Gasteiger partial charge in [0.1, 0.15) is 0 Å². The first kappa shape index (κ1) is 17.2. The maximum absolute atomic E-state index is 9.10. The first-order valence-electron chi connectivity index (χ1n) is 6.17. The van der Waals surface area contributed by atoms with Crippen LogP contribution in [0, 0.1) is 0 Å². The van der Waals surface area contributed by atoms with Crippen molar-refractivity contribution in [3.63, 3.8) is 0 Å². The van der Waals surface area contributed by atoms with Gasteiger partial charge in [-0.15, -0.1) is 0 Å². The topological polar surface area (TPSA) is 93.6 Å². The van der Waals surface area contributed by atoms with Crippen molar-refractivity contribution in [3.8, 4) is 0 Å². The summed E-state index contributed by atoms with van der Waals surface area (Å²) >= 11 is 3.51. The Kier molecular flexibility index (Phi) is 6.39. The zero-order valence-corrected chi connectivity index (χ0v) is 13.3. The minimum absolute atomic E-state index is 1.08. The molecular weight excluding hydrogens is 340 g/mol. The molecule has 6 nitrogen and oxygen atoms in total. The van der Waals surface area contributed by atoms with Gasteiger partial charge in [0.15, 0.2) is 0 Å². The summed E-state index contributed by atoms with van der Waals surface area (Å²) in [5.41, 5.74) is 2.60. The Bertz CT molecular complexity index is 625. The summed E-state index contributed by atoms with van der Waals surface area (Å²) < 4.78 is 1.14. The minimum atomic E-state index is -1.82. The SMILES string of the molecule is CN(C)CCc1c[nH]c2ccc(Br)cc12.O=C(O)C(=O)O. The molecule has 0 aliphatic carbocycles. The van der Waals surface area contributed by atoms with Gasteiger partial charge in [-0.25, -0.2) is 9.59 Å². The third-order valence-corrected chi connectivity index (χ3v) is 3.23. The van der Waals surface area contributed by atoms with Gasteiger partial charge in [0.05, 0.1) is 0 Å². The first-order chi connectivity index (χ1) is 9.81. The Morgan fingerprint density at radius 3 is 2.38 bits per heavy atom. The Morgan fingerprint density at radius 1 is 1.24 bits per heavy atom. The van der Waals surface area contributed by atoms with Gasteiger partial charge in [0.2, 0.25) is 0 Å². The van der Waals surface area contributed by atoms with E-state index in [9.17, 15) is 0 Å². The molecule has 0 saturated heterocycles. The summed E-state index contributed by atoms with van der Waals surface area (Å²) in [5.74, 6) is -3.65. The zero-order chi connectivity index (χ0) is 16.0. The average Bonchev–Trinajstić information content (AvgIpc) is 2.79. The number of benzene rings is 1. The number of likely N-dealkylation sites (N-methyl/N-ethyl adjacent to an activating group) is 1. The zero-order valence-electron chi connectivity index (χ0n) is 11.8. The van der Waals surface area contributed by atoms with Crippen molar-refractivity contribution < 1.29 is 19.8 Å². The number of halogens is 1. The number of carboxylic acid groups (broad SMARTS) is 2. The molecule has 1 aromatic heterocycles. The molecule has 1 aromatic carbocycles. The van der Waals surface area contributed by atoms with Crippen molar-refractivity contribution in [2.24, 2.45) is 0 Å². The maximum atomic E-state index is 9.10. The van der Waals surface area contributed by atoms with Gasteiger partial charge in [0.25, 0.3) is 0 Å². The van der Waals surface area contributed by atoms with Gasteiger partial charge in [-0.2, -0.15) is 0 Å². The number of hydrogen-bond acceptors (Lipinski definition) is 3. The van der Waals surface area contributed by atoms with E-state index in [1.54, 1.807) is 0 Å². The van der Waals surface area contributed by atoms with Crippen LogP contribution < -0.4 is 0 Å². The molecular formula is C14H17BrN2O4. The van der Waals surface area contributed by atoms with Crippen molar-refractivity contribution in [1.82, 2.24) is 9.88 Å². The van der Waals surface area contributed by atoms with E-state index in [-0.39, 0.29) is 0 Å². The van der Waals surface area contributed by atoms with Crippen molar-refractivity contribution in [2.45, 2.75) is 6.42 Å². The Balaban J connectivity index is 0.000000315. The van der Waals surface area contributed by atoms with E-state index in [0.29, 0.717) is 0 Å². The molecule has 0 aliphatic rings. The van der Waals surface area contributed by atoms with Crippen LogP contribution >= 0.6 is 15.9 Å². The number of fused-ring (bicyclic) bond motifs is 1. The van der Waals surface area contributed by atoms with Gasteiger partial charge in [-0.05, 0) is 44.3 Å². The quantitative estimate of drug-likeness (QED) is 0.733. The summed E-state index contributed by atoms with van der Waals surface area (Å²) in [5, 5.41) is 16.1. The normalized spacial score (nSPS) is 10.3. The molecule has 2 aromatic rings. The molecule has 0 unspecified atom stereocenters. The Labute approximate surface area is 130 Å². The van der Waals surface area contributed by atoms with Crippen molar-refractivity contribution >= 4 is 38.8 Å². The smallest absolute Gasteiger partial charge is 0.414 e. The molecule has 7 heteroatoms. The average molecular weight is 357 g/mol. The van der Waals surface area contributed by atoms with E-state index >= 15 is 0 Å². The molecule has 0 bridgehead atoms. The van der Waals surface area contributed by atoms with Crippen molar-refractivity contribution in [3.05, 3.63) is 34.4 Å². The number of carboxylic acids is 2. The summed E-state index contributed by atoms with van der Waals surface area (Å²) in [4.78, 5) is 23.7. The molecule has 2 rings (SSSR count). The van der Waals surface area contributed by atoms with Gasteiger partial charge in [0, 0.05) is 28.1 Å². The Hall–Kier alpha value is -1.86. The van der Waals surface area contributed by atoms with Gasteiger partial charge < -0.3 is 20.1 Å². The number of rotatable bonds is 3. The third kappa shape index (κ3) is 5.57. The van der Waals surface area contributed by atoms with Crippen LogP contribution in [-0.2, 0) is 16.0 Å². The lowest BCUT2D eigenvalue weighted by molar-refractivity contribution is -0.159. The highest BCUT2D eigenvalue weighted by molar-refractivity contribution is 9.10. The van der Waals surface area contributed by atoms with Crippen LogP contribution in [0.1, 0.15) is 5.56 Å². The lowest BCUT2D eigenvalue weighted by Gasteiger charge is -2.08. The van der Waals surface area contributed by atoms with Crippen LogP contribution in [0.5, 0.6) is 0 Å². The van der Waals surface area contributed by atoms with Crippen LogP contribution in [-0.4, -0.2) is 52.7 Å². The number of aromatic nitrogens is 1. The van der Waals surface area contributed by atoms with E-state index < -0.39 is 11.9 Å². The van der Waals surface area contributed by atoms with Crippen LogP contribution in [0.25, 0.3) is 10.9 Å². The monoisotopic (exact) mass is 356 g/mol. The van der Waals surface area contributed by atoms with Crippen molar-refractivity contribution in [2.75, 3.05) is 20.6 Å². The fourth-order valence-corrected chi connectivity index (χ4v) is 2.06. The summed E-state index contributed by atoms with van der Waals surface area (Å²) in [6.45, 7) is 1.08. The molecule has 0 aliphatic heterocycles. The fourth-order valence-electron chi connectivity index (χ4n) is 1.70. The minimum Gasteiger partial charge on any atom is -0.473 e. The molecule has 0 fully saturated rings. The second-order valence-corrected chi connectivity index (χ2v) is 5.58. The molecule has 3 N–H and O–H groups in total. The number of hydrogen-bond donors (Lipinski definition) is 3. The van der Waals surface area contributed by atoms with Gasteiger partial charge in [-0.3, -0.25) is 0 Å². The van der Waals surface area contributed by atoms with Crippen LogP contribution in [0.15, 0.2) is 28.9 Å². The maximum Gasteiger partial charge on any atom is 0.414 e. The van der Waals surface area contributed by atoms with E-state index in [1.807, 2.05) is 0 Å². The number of aromatic amines is 1. The second-order valence-electron chi connectivity index (χ2n) is 4.67. The molecule has 21 heavy (non-hydrogen) atoms. The van der Waals surface area contributed by atoms with E-state index in [2.05, 4.69) is 64.3 Å². The molecule has 0 spiro atoms. The molecule has 114 valence electrons. The highest BCUT2D eigenvalue weighted by Crippen LogP contribution is 2.22. The Morgan fingerprint density at radius 2 is 1.86 bits per heavy atom. The molecule has 0 amide bonds. The molecule has 0 radical (unpaired) electrons. The lowest BCUT2D eigenvalue weighted by Crippen LogP contribution is -2.14. The highest BCUT2D eigenvalue weighted by atomic mass is 79.9. The number of H-pyrrole nitrogens is 1. The summed E-state index contributed by atoms with van der Waals surface area (Å²) in [7, 11) is 4.20. The first-order valence-corrected chi connectivity index (χ1v) is 6.97. The largest absolute Gasteiger partial charge is 0.473 e. The van der Waals surface area contributed by atoms with E-state index in [0.717, 1.165) is 17.4 Å². The second kappa shape index (κ2) is 7.80. The molecule has 0 atom stereocenters. The fraction of sp³-hybridized carbons (Fsp3) is 0.286. The number of nitrogens with zero attached hydrogens (tertiary/aromatic N) is 1. The van der Waals surface area contributed by atoms with Crippen LogP contribution in [0.2, 0.25) is 0 Å². The standard InChI is InChI=1S/C12H15BrN2.C2H2O4/c1-15(2)6-5-9-8-14-12-4-3-10(13)7-11(9)12;3-1(4)2(5)6/h3-4,7-8,14H,5-6H2,1-2H3;(H,3,4)(H,5,6). The highest BCUT2D eigenvalue weighted by Gasteiger charge is 2.04. The summed E-state index contributed by atoms with van der Waals surface area (Å²) in [6, 6.07) is 6.35. The predicted molar refractivity (Wildman–Crippen MR) is 83.5 cm³/mol. The van der Waals surface area contributed by atoms with Gasteiger partial charge in [-0.1, -0.05) is 15.9 Å². The van der Waals surface area contributed by atoms with Crippen molar-refractivity contribution in [1.29, 1.82) is 0 Å². The number of carbonyl (C=O) groups is 2. The lowest BCUT2D eigenvalue weighted by atomic mass is 10.1. The van der Waals surface area contributed by atoms with E-state index in [1.165, 1.54) is 16.5 Å². The summed E-state index contributed by atoms with van der Waals surface area (Å²) in [6.07, 6.45) is 3.20. The number of nitrogens with one attached hydrogen (secondary N) is 1. The third-order valence-electron chi connectivity index (χ3n) is 2.74. The van der Waals surface area contributed by atoms with Crippen LogP contribution in [0.3, 0.4) is 0 Å². The van der Waals surface area contributed by atoms with E-state index in [4.69, 9.17) is 19.8 Å².